The molecule has 1 aliphatic heterocycles. The lowest BCUT2D eigenvalue weighted by atomic mass is 9.99. The molecule has 5 heteroatoms. The summed E-state index contributed by atoms with van der Waals surface area (Å²) in [5.74, 6) is 0. The lowest BCUT2D eigenvalue weighted by molar-refractivity contribution is 0.294. The Hall–Kier alpha value is -1.81. The van der Waals surface area contributed by atoms with Gasteiger partial charge in [0, 0.05) is 53.0 Å². The predicted molar refractivity (Wildman–Crippen MR) is 100 cm³/mol. The fourth-order valence-corrected chi connectivity index (χ4v) is 3.60. The third kappa shape index (κ3) is 3.07. The van der Waals surface area contributed by atoms with E-state index >= 15 is 0 Å². The fraction of sp³-hybridized carbons (Fsp3) is 0.211. The largest absolute Gasteiger partial charge is 0.346 e. The zero-order valence-corrected chi connectivity index (χ0v) is 14.6. The number of nitrogens with one attached hydrogen (secondary N) is 1. The number of rotatable bonds is 3. The highest BCUT2D eigenvalue weighted by Gasteiger charge is 2.17. The maximum Gasteiger partial charge on any atom is 0.137 e. The van der Waals surface area contributed by atoms with Crippen LogP contribution in [0.4, 0.5) is 0 Å². The van der Waals surface area contributed by atoms with Crippen molar-refractivity contribution in [3.8, 4) is 0 Å². The molecule has 24 heavy (non-hydrogen) atoms. The number of pyridine rings is 1. The number of halogens is 2. The monoisotopic (exact) mass is 357 g/mol. The highest BCUT2D eigenvalue weighted by atomic mass is 35.5. The van der Waals surface area contributed by atoms with E-state index < -0.39 is 0 Å². The first-order chi connectivity index (χ1) is 11.7. The van der Waals surface area contributed by atoms with E-state index in [9.17, 15) is 0 Å². The van der Waals surface area contributed by atoms with Crippen LogP contribution in [0.3, 0.4) is 0 Å². The van der Waals surface area contributed by atoms with Gasteiger partial charge in [-0.05, 0) is 47.9 Å². The molecule has 0 aliphatic carbocycles. The molecule has 3 nitrogen and oxygen atoms in total. The summed E-state index contributed by atoms with van der Waals surface area (Å²) < 4.78 is 0. The molecular formula is C19H17Cl2N3. The van der Waals surface area contributed by atoms with Crippen LogP contribution in [0, 0.1) is 0 Å². The van der Waals surface area contributed by atoms with Crippen molar-refractivity contribution in [3.05, 3.63) is 70.0 Å². The molecule has 1 N–H and O–H groups in total. The van der Waals surface area contributed by atoms with Crippen molar-refractivity contribution in [1.29, 1.82) is 0 Å². The quantitative estimate of drug-likeness (QED) is 0.701. The predicted octanol–water partition coefficient (Wildman–Crippen LogP) is 5.16. The minimum Gasteiger partial charge on any atom is -0.346 e. The summed E-state index contributed by atoms with van der Waals surface area (Å²) in [5, 5.41) is 2.70. The van der Waals surface area contributed by atoms with E-state index in [2.05, 4.69) is 33.2 Å². The van der Waals surface area contributed by atoms with Gasteiger partial charge in [0.25, 0.3) is 0 Å². The zero-order chi connectivity index (χ0) is 16.5. The van der Waals surface area contributed by atoms with Crippen molar-refractivity contribution in [2.45, 2.75) is 13.0 Å². The first-order valence-corrected chi connectivity index (χ1v) is 8.74. The van der Waals surface area contributed by atoms with Crippen LogP contribution in [-0.4, -0.2) is 28.0 Å². The minimum atomic E-state index is 0.730. The second-order valence-corrected chi connectivity index (χ2v) is 6.90. The molecule has 1 aromatic carbocycles. The SMILES string of the molecule is Clc1ccc(Cl)c(CN2CC=C(c3c[nH]c4ncccc34)CC2)c1. The van der Waals surface area contributed by atoms with Gasteiger partial charge in [-0.15, -0.1) is 0 Å². The molecule has 3 aromatic rings. The average Bonchev–Trinajstić information content (AvgIpc) is 3.03. The Bertz CT molecular complexity index is 914. The van der Waals surface area contributed by atoms with Crippen LogP contribution in [0.5, 0.6) is 0 Å². The van der Waals surface area contributed by atoms with E-state index in [1.165, 1.54) is 16.5 Å². The van der Waals surface area contributed by atoms with Gasteiger partial charge in [0.2, 0.25) is 0 Å². The maximum atomic E-state index is 6.28. The molecule has 0 spiro atoms. The number of hydrogen-bond donors (Lipinski definition) is 1. The number of hydrogen-bond acceptors (Lipinski definition) is 2. The van der Waals surface area contributed by atoms with Crippen molar-refractivity contribution in [3.63, 3.8) is 0 Å². The standard InChI is InChI=1S/C19H17Cl2N3/c20-15-3-4-18(21)14(10-15)12-24-8-5-13(6-9-24)17-11-23-19-16(17)2-1-7-22-19/h1-5,7,10-11H,6,8-9,12H2,(H,22,23). The Kier molecular flexibility index (Phi) is 4.31. The van der Waals surface area contributed by atoms with Crippen LogP contribution < -0.4 is 0 Å². The molecule has 0 amide bonds. The third-order valence-electron chi connectivity index (χ3n) is 4.49. The molecule has 4 rings (SSSR count). The van der Waals surface area contributed by atoms with Gasteiger partial charge in [-0.2, -0.15) is 0 Å². The Morgan fingerprint density at radius 1 is 1.21 bits per heavy atom. The fourth-order valence-electron chi connectivity index (χ4n) is 3.23. The number of aromatic nitrogens is 2. The van der Waals surface area contributed by atoms with E-state index in [1.807, 2.05) is 30.5 Å². The molecule has 0 atom stereocenters. The minimum absolute atomic E-state index is 0.730. The molecule has 2 aromatic heterocycles. The molecule has 0 unspecified atom stereocenters. The highest BCUT2D eigenvalue weighted by molar-refractivity contribution is 6.33. The number of benzene rings is 1. The van der Waals surface area contributed by atoms with E-state index in [-0.39, 0.29) is 0 Å². The second kappa shape index (κ2) is 6.60. The molecule has 0 radical (unpaired) electrons. The van der Waals surface area contributed by atoms with E-state index in [4.69, 9.17) is 23.2 Å². The van der Waals surface area contributed by atoms with Gasteiger partial charge in [-0.1, -0.05) is 29.3 Å². The van der Waals surface area contributed by atoms with Crippen LogP contribution in [0.15, 0.2) is 48.8 Å². The first kappa shape index (κ1) is 15.7. The molecular weight excluding hydrogens is 341 g/mol. The second-order valence-electron chi connectivity index (χ2n) is 6.05. The van der Waals surface area contributed by atoms with Gasteiger partial charge in [-0.3, -0.25) is 4.90 Å². The van der Waals surface area contributed by atoms with Gasteiger partial charge in [0.05, 0.1) is 0 Å². The van der Waals surface area contributed by atoms with Crippen LogP contribution in [0.2, 0.25) is 10.0 Å². The molecule has 0 fully saturated rings. The van der Waals surface area contributed by atoms with Crippen LogP contribution in [0.1, 0.15) is 17.5 Å². The molecule has 122 valence electrons. The van der Waals surface area contributed by atoms with Crippen LogP contribution in [0.25, 0.3) is 16.6 Å². The topological polar surface area (TPSA) is 31.9 Å². The maximum absolute atomic E-state index is 6.28. The van der Waals surface area contributed by atoms with E-state index in [0.717, 1.165) is 47.3 Å². The zero-order valence-electron chi connectivity index (χ0n) is 13.1. The molecule has 3 heterocycles. The third-order valence-corrected chi connectivity index (χ3v) is 5.10. The summed E-state index contributed by atoms with van der Waals surface area (Å²) in [6.45, 7) is 2.73. The van der Waals surface area contributed by atoms with E-state index in [0.29, 0.717) is 0 Å². The summed E-state index contributed by atoms with van der Waals surface area (Å²) in [5.41, 5.74) is 4.67. The summed E-state index contributed by atoms with van der Waals surface area (Å²) in [4.78, 5) is 10.0. The summed E-state index contributed by atoms with van der Waals surface area (Å²) in [6, 6.07) is 9.74. The Balaban J connectivity index is 1.52. The summed E-state index contributed by atoms with van der Waals surface area (Å²) in [7, 11) is 0. The summed E-state index contributed by atoms with van der Waals surface area (Å²) >= 11 is 12.4. The van der Waals surface area contributed by atoms with Crippen molar-refractivity contribution in [2.75, 3.05) is 13.1 Å². The average molecular weight is 358 g/mol. The van der Waals surface area contributed by atoms with Gasteiger partial charge in [0.15, 0.2) is 0 Å². The number of nitrogens with zero attached hydrogens (tertiary/aromatic N) is 2. The smallest absolute Gasteiger partial charge is 0.137 e. The van der Waals surface area contributed by atoms with Crippen molar-refractivity contribution < 1.29 is 0 Å². The Morgan fingerprint density at radius 3 is 2.96 bits per heavy atom. The van der Waals surface area contributed by atoms with Crippen LogP contribution >= 0.6 is 23.2 Å². The van der Waals surface area contributed by atoms with Gasteiger partial charge >= 0.3 is 0 Å². The lowest BCUT2D eigenvalue weighted by Crippen LogP contribution is -2.28. The van der Waals surface area contributed by atoms with Gasteiger partial charge < -0.3 is 4.98 Å². The number of fused-ring (bicyclic) bond motifs is 1. The van der Waals surface area contributed by atoms with Gasteiger partial charge in [0.1, 0.15) is 5.65 Å². The summed E-state index contributed by atoms with van der Waals surface area (Å²) in [6.07, 6.45) is 7.19. The van der Waals surface area contributed by atoms with Gasteiger partial charge in [-0.25, -0.2) is 4.98 Å². The Morgan fingerprint density at radius 2 is 2.12 bits per heavy atom. The number of H-pyrrole nitrogens is 1. The number of aromatic amines is 1. The lowest BCUT2D eigenvalue weighted by Gasteiger charge is -2.26. The molecule has 0 bridgehead atoms. The van der Waals surface area contributed by atoms with E-state index in [1.54, 1.807) is 0 Å². The van der Waals surface area contributed by atoms with Crippen LogP contribution in [-0.2, 0) is 6.54 Å². The van der Waals surface area contributed by atoms with Crippen molar-refractivity contribution >= 4 is 39.8 Å². The Labute approximate surface area is 150 Å². The molecule has 0 saturated heterocycles. The normalized spacial score (nSPS) is 15.7. The molecule has 0 saturated carbocycles. The highest BCUT2D eigenvalue weighted by Crippen LogP contribution is 2.29. The first-order valence-electron chi connectivity index (χ1n) is 7.98. The van der Waals surface area contributed by atoms with Crippen molar-refractivity contribution in [2.24, 2.45) is 0 Å². The molecule has 1 aliphatic rings. The van der Waals surface area contributed by atoms with Crippen molar-refractivity contribution in [1.82, 2.24) is 14.9 Å².